The molecule has 2 aromatic heterocycles. The molecule has 0 atom stereocenters. The summed E-state index contributed by atoms with van der Waals surface area (Å²) in [4.78, 5) is 17.7. The summed E-state index contributed by atoms with van der Waals surface area (Å²) in [6, 6.07) is 10.8. The summed E-state index contributed by atoms with van der Waals surface area (Å²) < 4.78 is 24.8. The molecule has 4 aromatic rings. The van der Waals surface area contributed by atoms with Crippen molar-refractivity contribution in [3.05, 3.63) is 47.0 Å². The number of methoxy groups -OCH3 is 2. The Hall–Kier alpha value is -3.70. The SMILES string of the molecule is C#CCn1c(=NC(=O)c2cc3cccc(OCC)c3o2)sc2cc(OC)c(OC)cc21. The van der Waals surface area contributed by atoms with Gasteiger partial charge in [0.2, 0.25) is 0 Å². The van der Waals surface area contributed by atoms with Crippen LogP contribution in [0.4, 0.5) is 0 Å². The lowest BCUT2D eigenvalue weighted by atomic mass is 10.2. The van der Waals surface area contributed by atoms with Crippen molar-refractivity contribution in [2.75, 3.05) is 20.8 Å². The van der Waals surface area contributed by atoms with Gasteiger partial charge in [0.1, 0.15) is 0 Å². The van der Waals surface area contributed by atoms with Gasteiger partial charge in [-0.15, -0.1) is 6.42 Å². The second kappa shape index (κ2) is 8.58. The van der Waals surface area contributed by atoms with Crippen molar-refractivity contribution in [3.8, 4) is 29.6 Å². The molecular weight excluding hydrogens is 416 g/mol. The maximum Gasteiger partial charge on any atom is 0.315 e. The lowest BCUT2D eigenvalue weighted by Gasteiger charge is -2.08. The van der Waals surface area contributed by atoms with Crippen molar-refractivity contribution in [3.63, 3.8) is 0 Å². The number of amides is 1. The molecule has 2 heterocycles. The summed E-state index contributed by atoms with van der Waals surface area (Å²) in [5.41, 5.74) is 1.32. The van der Waals surface area contributed by atoms with Gasteiger partial charge in [-0.05, 0) is 19.1 Å². The summed E-state index contributed by atoms with van der Waals surface area (Å²) in [6.45, 7) is 2.63. The predicted octanol–water partition coefficient (Wildman–Crippen LogP) is 4.24. The number of furan rings is 1. The van der Waals surface area contributed by atoms with E-state index in [2.05, 4.69) is 10.9 Å². The lowest BCUT2D eigenvalue weighted by Crippen LogP contribution is -2.16. The van der Waals surface area contributed by atoms with Gasteiger partial charge in [0.25, 0.3) is 0 Å². The van der Waals surface area contributed by atoms with Crippen molar-refractivity contribution in [2.45, 2.75) is 13.5 Å². The number of thiazole rings is 1. The van der Waals surface area contributed by atoms with E-state index in [1.807, 2.05) is 31.2 Å². The van der Waals surface area contributed by atoms with Crippen LogP contribution in [0.3, 0.4) is 0 Å². The maximum atomic E-state index is 12.9. The van der Waals surface area contributed by atoms with E-state index in [-0.39, 0.29) is 12.3 Å². The number of aromatic nitrogens is 1. The van der Waals surface area contributed by atoms with Crippen LogP contribution in [0.5, 0.6) is 17.2 Å². The molecule has 0 bridgehead atoms. The third-order valence-electron chi connectivity index (χ3n) is 4.65. The summed E-state index contributed by atoms with van der Waals surface area (Å²) >= 11 is 1.33. The molecule has 4 rings (SSSR count). The molecular formula is C23H20N2O5S. The number of rotatable bonds is 6. The van der Waals surface area contributed by atoms with Crippen LogP contribution >= 0.6 is 11.3 Å². The van der Waals surface area contributed by atoms with E-state index >= 15 is 0 Å². The molecule has 0 fully saturated rings. The third-order valence-corrected chi connectivity index (χ3v) is 5.69. The number of benzene rings is 2. The maximum absolute atomic E-state index is 12.9. The molecule has 31 heavy (non-hydrogen) atoms. The van der Waals surface area contributed by atoms with Gasteiger partial charge in [-0.1, -0.05) is 29.4 Å². The Morgan fingerprint density at radius 3 is 2.68 bits per heavy atom. The highest BCUT2D eigenvalue weighted by Crippen LogP contribution is 2.33. The zero-order chi connectivity index (χ0) is 22.0. The highest BCUT2D eigenvalue weighted by Gasteiger charge is 2.17. The molecule has 1 amide bonds. The Morgan fingerprint density at radius 2 is 1.97 bits per heavy atom. The number of hydrogen-bond donors (Lipinski definition) is 0. The van der Waals surface area contributed by atoms with E-state index in [9.17, 15) is 4.79 Å². The van der Waals surface area contributed by atoms with Gasteiger partial charge in [-0.25, -0.2) is 0 Å². The van der Waals surface area contributed by atoms with E-state index in [0.717, 1.165) is 15.6 Å². The van der Waals surface area contributed by atoms with E-state index in [4.69, 9.17) is 25.1 Å². The fourth-order valence-electron chi connectivity index (χ4n) is 3.28. The number of carbonyl (C=O) groups is 1. The fraction of sp³-hybridized carbons (Fsp3) is 0.217. The second-order valence-corrected chi connectivity index (χ2v) is 7.49. The Labute approximate surface area is 182 Å². The molecule has 0 aliphatic carbocycles. The van der Waals surface area contributed by atoms with Crippen LogP contribution in [0.1, 0.15) is 17.5 Å². The number of carbonyl (C=O) groups excluding carboxylic acids is 1. The largest absolute Gasteiger partial charge is 0.493 e. The molecule has 0 saturated heterocycles. The van der Waals surface area contributed by atoms with Crippen LogP contribution < -0.4 is 19.0 Å². The minimum absolute atomic E-state index is 0.127. The van der Waals surface area contributed by atoms with Crippen LogP contribution in [0.2, 0.25) is 0 Å². The number of terminal acetylenes is 1. The summed E-state index contributed by atoms with van der Waals surface area (Å²) in [5, 5.41) is 0.770. The third kappa shape index (κ3) is 3.76. The first-order valence-electron chi connectivity index (χ1n) is 9.52. The van der Waals surface area contributed by atoms with Crippen molar-refractivity contribution < 1.29 is 23.4 Å². The molecule has 0 aliphatic rings. The van der Waals surface area contributed by atoms with Crippen molar-refractivity contribution >= 4 is 38.4 Å². The molecule has 0 spiro atoms. The smallest absolute Gasteiger partial charge is 0.315 e. The van der Waals surface area contributed by atoms with Crippen LogP contribution in [0.25, 0.3) is 21.2 Å². The first-order chi connectivity index (χ1) is 15.1. The number of fused-ring (bicyclic) bond motifs is 2. The van der Waals surface area contributed by atoms with Gasteiger partial charge in [-0.2, -0.15) is 4.99 Å². The van der Waals surface area contributed by atoms with Crippen molar-refractivity contribution in [1.82, 2.24) is 4.57 Å². The highest BCUT2D eigenvalue weighted by atomic mass is 32.1. The molecule has 158 valence electrons. The molecule has 0 radical (unpaired) electrons. The average molecular weight is 436 g/mol. The first-order valence-corrected chi connectivity index (χ1v) is 10.3. The zero-order valence-corrected chi connectivity index (χ0v) is 18.1. The Kier molecular flexibility index (Phi) is 5.69. The zero-order valence-electron chi connectivity index (χ0n) is 17.3. The Balaban J connectivity index is 1.84. The van der Waals surface area contributed by atoms with Crippen molar-refractivity contribution in [1.29, 1.82) is 0 Å². The number of nitrogens with zero attached hydrogens (tertiary/aromatic N) is 2. The minimum atomic E-state index is -0.505. The fourth-order valence-corrected chi connectivity index (χ4v) is 4.32. The van der Waals surface area contributed by atoms with Gasteiger partial charge < -0.3 is 23.2 Å². The van der Waals surface area contributed by atoms with E-state index in [1.54, 1.807) is 30.9 Å². The molecule has 2 aromatic carbocycles. The molecule has 0 N–H and O–H groups in total. The van der Waals surface area contributed by atoms with E-state index in [1.165, 1.54) is 11.3 Å². The van der Waals surface area contributed by atoms with Gasteiger partial charge in [-0.3, -0.25) is 4.79 Å². The van der Waals surface area contributed by atoms with Crippen LogP contribution in [-0.2, 0) is 6.54 Å². The standard InChI is InChI=1S/C23H20N2O5S/c1-5-10-25-15-12-17(27-3)18(28-4)13-20(15)31-23(25)24-22(26)19-11-14-8-7-9-16(29-6-2)21(14)30-19/h1,7-9,11-13H,6,10H2,2-4H3. The monoisotopic (exact) mass is 436 g/mol. The van der Waals surface area contributed by atoms with Crippen molar-refractivity contribution in [2.24, 2.45) is 4.99 Å². The lowest BCUT2D eigenvalue weighted by molar-refractivity contribution is 0.0973. The van der Waals surface area contributed by atoms with Crippen LogP contribution in [0, 0.1) is 12.3 Å². The summed E-state index contributed by atoms with van der Waals surface area (Å²) in [7, 11) is 3.13. The number of para-hydroxylation sites is 1. The molecule has 0 aliphatic heterocycles. The van der Waals surface area contributed by atoms with Crippen LogP contribution in [-0.4, -0.2) is 31.3 Å². The van der Waals surface area contributed by atoms with E-state index < -0.39 is 5.91 Å². The Morgan fingerprint density at radius 1 is 1.19 bits per heavy atom. The topological polar surface area (TPSA) is 75.2 Å². The summed E-state index contributed by atoms with van der Waals surface area (Å²) in [5.74, 6) is 3.97. The molecule has 7 nitrogen and oxygen atoms in total. The second-order valence-electron chi connectivity index (χ2n) is 6.48. The number of ether oxygens (including phenoxy) is 3. The summed E-state index contributed by atoms with van der Waals surface area (Å²) in [6.07, 6.45) is 5.56. The molecule has 0 saturated carbocycles. The average Bonchev–Trinajstić information content (AvgIpc) is 3.35. The Bertz CT molecular complexity index is 1390. The molecule has 0 unspecified atom stereocenters. The predicted molar refractivity (Wildman–Crippen MR) is 119 cm³/mol. The molecule has 8 heteroatoms. The minimum Gasteiger partial charge on any atom is -0.493 e. The normalized spacial score (nSPS) is 11.6. The van der Waals surface area contributed by atoms with Gasteiger partial charge in [0, 0.05) is 17.5 Å². The number of hydrogen-bond acceptors (Lipinski definition) is 6. The first kappa shape index (κ1) is 20.6. The van der Waals surface area contributed by atoms with Gasteiger partial charge >= 0.3 is 5.91 Å². The van der Waals surface area contributed by atoms with Crippen LogP contribution in [0.15, 0.2) is 45.8 Å². The van der Waals surface area contributed by atoms with E-state index in [0.29, 0.717) is 34.2 Å². The quantitative estimate of drug-likeness (QED) is 0.423. The van der Waals surface area contributed by atoms with Gasteiger partial charge in [0.15, 0.2) is 33.4 Å². The van der Waals surface area contributed by atoms with Gasteiger partial charge in [0.05, 0.1) is 37.6 Å². The highest BCUT2D eigenvalue weighted by molar-refractivity contribution is 7.16.